The van der Waals surface area contributed by atoms with Crippen LogP contribution < -0.4 is 14.5 Å². The standard InChI is InChI=1S/C21H16F4N4O/c22-14-9-15-19(18(10-14)30-21(24)25)27-12-13(11-26)20(15)29-7-5-28(6-8-29)17-4-2-1-3-16(17)23/h1-4,9-10,12,21H,5-8H2. The summed E-state index contributed by atoms with van der Waals surface area (Å²) in [7, 11) is 0. The van der Waals surface area contributed by atoms with E-state index in [1.807, 2.05) is 15.9 Å². The van der Waals surface area contributed by atoms with E-state index in [4.69, 9.17) is 0 Å². The van der Waals surface area contributed by atoms with Crippen LogP contribution in [0.4, 0.5) is 28.9 Å². The number of hydrogen-bond acceptors (Lipinski definition) is 5. The number of pyridine rings is 1. The van der Waals surface area contributed by atoms with E-state index in [0.29, 0.717) is 37.6 Å². The van der Waals surface area contributed by atoms with E-state index < -0.39 is 18.2 Å². The maximum Gasteiger partial charge on any atom is 0.387 e. The van der Waals surface area contributed by atoms with E-state index >= 15 is 0 Å². The van der Waals surface area contributed by atoms with Crippen molar-refractivity contribution in [3.05, 3.63) is 59.8 Å². The molecule has 0 N–H and O–H groups in total. The Hall–Kier alpha value is -3.54. The molecule has 0 atom stereocenters. The number of rotatable bonds is 4. The lowest BCUT2D eigenvalue weighted by Gasteiger charge is -2.38. The minimum atomic E-state index is -3.14. The highest BCUT2D eigenvalue weighted by Gasteiger charge is 2.25. The van der Waals surface area contributed by atoms with E-state index in [1.165, 1.54) is 12.3 Å². The molecule has 1 aliphatic heterocycles. The number of piperazine rings is 1. The highest BCUT2D eigenvalue weighted by Crippen LogP contribution is 2.36. The van der Waals surface area contributed by atoms with Crippen molar-refractivity contribution in [1.82, 2.24) is 4.98 Å². The van der Waals surface area contributed by atoms with Gasteiger partial charge < -0.3 is 14.5 Å². The van der Waals surface area contributed by atoms with Crippen LogP contribution in [0, 0.1) is 23.0 Å². The third-order valence-corrected chi connectivity index (χ3v) is 5.00. The molecular formula is C21H16F4N4O. The summed E-state index contributed by atoms with van der Waals surface area (Å²) in [6.07, 6.45) is 1.26. The number of benzene rings is 2. The first-order valence-electron chi connectivity index (χ1n) is 9.19. The Labute approximate surface area is 169 Å². The van der Waals surface area contributed by atoms with Crippen molar-refractivity contribution in [2.45, 2.75) is 6.61 Å². The second-order valence-electron chi connectivity index (χ2n) is 6.74. The van der Waals surface area contributed by atoms with E-state index in [2.05, 4.69) is 9.72 Å². The number of nitrogens with zero attached hydrogens (tertiary/aromatic N) is 4. The molecule has 1 aromatic heterocycles. The van der Waals surface area contributed by atoms with Crippen molar-refractivity contribution >= 4 is 22.3 Å². The van der Waals surface area contributed by atoms with Gasteiger partial charge in [0.2, 0.25) is 0 Å². The van der Waals surface area contributed by atoms with Crippen molar-refractivity contribution in [3.63, 3.8) is 0 Å². The molecule has 0 spiro atoms. The Morgan fingerprint density at radius 2 is 1.73 bits per heavy atom. The summed E-state index contributed by atoms with van der Waals surface area (Å²) < 4.78 is 58.2. The van der Waals surface area contributed by atoms with Crippen LogP contribution >= 0.6 is 0 Å². The van der Waals surface area contributed by atoms with Crippen LogP contribution in [0.25, 0.3) is 10.9 Å². The van der Waals surface area contributed by atoms with Crippen LogP contribution in [-0.2, 0) is 0 Å². The number of nitriles is 1. The van der Waals surface area contributed by atoms with Crippen molar-refractivity contribution < 1.29 is 22.3 Å². The third-order valence-electron chi connectivity index (χ3n) is 5.00. The first-order chi connectivity index (χ1) is 14.5. The molecule has 154 valence electrons. The molecule has 0 amide bonds. The van der Waals surface area contributed by atoms with Crippen LogP contribution in [0.2, 0.25) is 0 Å². The van der Waals surface area contributed by atoms with Gasteiger partial charge in [-0.2, -0.15) is 14.0 Å². The summed E-state index contributed by atoms with van der Waals surface area (Å²) in [4.78, 5) is 7.78. The Bertz CT molecular complexity index is 1120. The first-order valence-corrected chi connectivity index (χ1v) is 9.19. The molecule has 0 bridgehead atoms. The average Bonchev–Trinajstić information content (AvgIpc) is 2.73. The van der Waals surface area contributed by atoms with Crippen LogP contribution in [0.3, 0.4) is 0 Å². The number of para-hydroxylation sites is 1. The predicted octanol–water partition coefficient (Wildman–Crippen LogP) is 4.31. The number of anilines is 2. The third kappa shape index (κ3) is 3.68. The van der Waals surface area contributed by atoms with Crippen LogP contribution in [-0.4, -0.2) is 37.8 Å². The maximum absolute atomic E-state index is 14.2. The van der Waals surface area contributed by atoms with Gasteiger partial charge in [0.25, 0.3) is 0 Å². The molecule has 0 radical (unpaired) electrons. The molecule has 1 saturated heterocycles. The number of halogens is 4. The van der Waals surface area contributed by atoms with Gasteiger partial charge >= 0.3 is 6.61 Å². The first kappa shape index (κ1) is 19.8. The number of fused-ring (bicyclic) bond motifs is 1. The van der Waals surface area contributed by atoms with Gasteiger partial charge in [-0.25, -0.2) is 8.78 Å². The van der Waals surface area contributed by atoms with E-state index in [0.717, 1.165) is 12.1 Å². The van der Waals surface area contributed by atoms with Crippen molar-refractivity contribution in [1.29, 1.82) is 5.26 Å². The average molecular weight is 416 g/mol. The fourth-order valence-electron chi connectivity index (χ4n) is 3.71. The van der Waals surface area contributed by atoms with Crippen LogP contribution in [0.1, 0.15) is 5.56 Å². The summed E-state index contributed by atoms with van der Waals surface area (Å²) >= 11 is 0. The lowest BCUT2D eigenvalue weighted by Crippen LogP contribution is -2.47. The summed E-state index contributed by atoms with van der Waals surface area (Å²) in [5.74, 6) is -1.49. The fourth-order valence-corrected chi connectivity index (χ4v) is 3.71. The van der Waals surface area contributed by atoms with Gasteiger partial charge in [-0.3, -0.25) is 4.98 Å². The Balaban J connectivity index is 1.71. The second kappa shape index (κ2) is 8.06. The Morgan fingerprint density at radius 1 is 1.03 bits per heavy atom. The Kier molecular flexibility index (Phi) is 5.31. The lowest BCUT2D eigenvalue weighted by atomic mass is 10.1. The predicted molar refractivity (Wildman–Crippen MR) is 104 cm³/mol. The zero-order valence-corrected chi connectivity index (χ0v) is 15.7. The lowest BCUT2D eigenvalue weighted by molar-refractivity contribution is -0.0490. The highest BCUT2D eigenvalue weighted by atomic mass is 19.3. The van der Waals surface area contributed by atoms with Gasteiger partial charge in [0.05, 0.1) is 16.9 Å². The molecule has 0 aliphatic carbocycles. The Morgan fingerprint density at radius 3 is 2.40 bits per heavy atom. The van der Waals surface area contributed by atoms with Gasteiger partial charge in [-0.05, 0) is 18.2 Å². The molecule has 5 nitrogen and oxygen atoms in total. The highest BCUT2D eigenvalue weighted by molar-refractivity contribution is 5.97. The quantitative estimate of drug-likeness (QED) is 0.594. The van der Waals surface area contributed by atoms with Gasteiger partial charge in [0.1, 0.15) is 23.2 Å². The summed E-state index contributed by atoms with van der Waals surface area (Å²) in [5, 5.41) is 9.75. The monoisotopic (exact) mass is 416 g/mol. The molecular weight excluding hydrogens is 400 g/mol. The van der Waals surface area contributed by atoms with Crippen molar-refractivity contribution in [2.24, 2.45) is 0 Å². The molecule has 1 aliphatic rings. The molecule has 0 unspecified atom stereocenters. The van der Waals surface area contributed by atoms with Gasteiger partial charge in [0, 0.05) is 43.8 Å². The van der Waals surface area contributed by atoms with Crippen molar-refractivity contribution in [3.8, 4) is 11.8 Å². The molecule has 9 heteroatoms. The van der Waals surface area contributed by atoms with Crippen molar-refractivity contribution in [2.75, 3.05) is 36.0 Å². The molecule has 4 rings (SSSR count). The molecule has 0 saturated carbocycles. The summed E-state index contributed by atoms with van der Waals surface area (Å²) in [5.41, 5.74) is 1.11. The van der Waals surface area contributed by atoms with Gasteiger partial charge in [-0.15, -0.1) is 0 Å². The van der Waals surface area contributed by atoms with Crippen LogP contribution in [0.15, 0.2) is 42.6 Å². The summed E-state index contributed by atoms with van der Waals surface area (Å²) in [6.45, 7) is -1.37. The normalized spacial score (nSPS) is 14.3. The number of hydrogen-bond donors (Lipinski definition) is 0. The smallest absolute Gasteiger partial charge is 0.387 e. The SMILES string of the molecule is N#Cc1cnc2c(OC(F)F)cc(F)cc2c1N1CCN(c2ccccc2F)CC1. The summed E-state index contributed by atoms with van der Waals surface area (Å²) in [6, 6.07) is 10.5. The number of aromatic nitrogens is 1. The molecule has 3 aromatic rings. The second-order valence-corrected chi connectivity index (χ2v) is 6.74. The maximum atomic E-state index is 14.2. The zero-order valence-electron chi connectivity index (χ0n) is 15.7. The fraction of sp³-hybridized carbons (Fsp3) is 0.238. The van der Waals surface area contributed by atoms with E-state index in [9.17, 15) is 22.8 Å². The molecule has 30 heavy (non-hydrogen) atoms. The molecule has 2 aromatic carbocycles. The molecule has 2 heterocycles. The van der Waals surface area contributed by atoms with E-state index in [-0.39, 0.29) is 22.3 Å². The minimum absolute atomic E-state index is 0.0437. The van der Waals surface area contributed by atoms with Gasteiger partial charge in [-0.1, -0.05) is 12.1 Å². The molecule has 1 fully saturated rings. The number of alkyl halides is 2. The topological polar surface area (TPSA) is 52.4 Å². The van der Waals surface area contributed by atoms with E-state index in [1.54, 1.807) is 18.2 Å². The largest absolute Gasteiger partial charge is 0.432 e. The van der Waals surface area contributed by atoms with Gasteiger partial charge in [0.15, 0.2) is 5.75 Å². The zero-order chi connectivity index (χ0) is 21.3. The number of ether oxygens (including phenoxy) is 1. The minimum Gasteiger partial charge on any atom is -0.432 e. The van der Waals surface area contributed by atoms with Crippen LogP contribution in [0.5, 0.6) is 5.75 Å².